The standard InChI is InChI=1S/C16H20N2O/c1-12-9-10-18(17-12)15-11-14(7-8-16(15)19)13-5-3-2-4-6-13/h2-6,9-10,14-16,19H,7-8,11H2,1H3. The monoisotopic (exact) mass is 256 g/mol. The van der Waals surface area contributed by atoms with E-state index in [1.807, 2.05) is 23.9 Å². The van der Waals surface area contributed by atoms with E-state index in [-0.39, 0.29) is 12.1 Å². The summed E-state index contributed by atoms with van der Waals surface area (Å²) in [6.45, 7) is 1.99. The van der Waals surface area contributed by atoms with Crippen molar-refractivity contribution >= 4 is 0 Å². The molecule has 0 saturated heterocycles. The molecule has 3 rings (SSSR count). The fourth-order valence-corrected chi connectivity index (χ4v) is 3.06. The Labute approximate surface area is 113 Å². The van der Waals surface area contributed by atoms with Crippen molar-refractivity contribution in [1.29, 1.82) is 0 Å². The van der Waals surface area contributed by atoms with E-state index in [4.69, 9.17) is 0 Å². The quantitative estimate of drug-likeness (QED) is 0.896. The molecule has 19 heavy (non-hydrogen) atoms. The lowest BCUT2D eigenvalue weighted by atomic mass is 9.80. The van der Waals surface area contributed by atoms with E-state index in [9.17, 15) is 5.11 Å². The highest BCUT2D eigenvalue weighted by Crippen LogP contribution is 2.38. The van der Waals surface area contributed by atoms with Crippen molar-refractivity contribution in [2.75, 3.05) is 0 Å². The SMILES string of the molecule is Cc1ccn(C2CC(c3ccccc3)CCC2O)n1. The summed E-state index contributed by atoms with van der Waals surface area (Å²) >= 11 is 0. The minimum absolute atomic E-state index is 0.104. The van der Waals surface area contributed by atoms with Crippen LogP contribution in [0.2, 0.25) is 0 Å². The van der Waals surface area contributed by atoms with E-state index in [0.29, 0.717) is 5.92 Å². The topological polar surface area (TPSA) is 38.0 Å². The summed E-state index contributed by atoms with van der Waals surface area (Å²) in [6.07, 6.45) is 4.58. The highest BCUT2D eigenvalue weighted by atomic mass is 16.3. The fraction of sp³-hybridized carbons (Fsp3) is 0.438. The molecule has 3 nitrogen and oxygen atoms in total. The second-order valence-corrected chi connectivity index (χ2v) is 5.49. The number of aromatic nitrogens is 2. The van der Waals surface area contributed by atoms with Crippen LogP contribution in [0.4, 0.5) is 0 Å². The molecule has 3 unspecified atom stereocenters. The number of benzene rings is 1. The normalized spacial score (nSPS) is 27.4. The molecule has 0 amide bonds. The van der Waals surface area contributed by atoms with Gasteiger partial charge in [0.05, 0.1) is 17.8 Å². The number of hydrogen-bond donors (Lipinski definition) is 1. The molecule has 1 heterocycles. The summed E-state index contributed by atoms with van der Waals surface area (Å²) < 4.78 is 1.94. The Balaban J connectivity index is 1.81. The first-order chi connectivity index (χ1) is 9.24. The zero-order chi connectivity index (χ0) is 13.2. The second-order valence-electron chi connectivity index (χ2n) is 5.49. The van der Waals surface area contributed by atoms with Gasteiger partial charge in [-0.2, -0.15) is 5.10 Å². The highest BCUT2D eigenvalue weighted by molar-refractivity contribution is 5.20. The van der Waals surface area contributed by atoms with Gasteiger partial charge >= 0.3 is 0 Å². The van der Waals surface area contributed by atoms with Crippen LogP contribution in [0, 0.1) is 6.92 Å². The van der Waals surface area contributed by atoms with Crippen LogP contribution in [0.1, 0.15) is 42.5 Å². The number of aliphatic hydroxyl groups excluding tert-OH is 1. The van der Waals surface area contributed by atoms with Crippen LogP contribution < -0.4 is 0 Å². The Bertz CT molecular complexity index is 535. The number of nitrogens with zero attached hydrogens (tertiary/aromatic N) is 2. The molecular weight excluding hydrogens is 236 g/mol. The zero-order valence-electron chi connectivity index (χ0n) is 11.2. The van der Waals surface area contributed by atoms with Crippen molar-refractivity contribution in [3.05, 3.63) is 53.9 Å². The van der Waals surface area contributed by atoms with Gasteiger partial charge in [0.2, 0.25) is 0 Å². The van der Waals surface area contributed by atoms with E-state index in [0.717, 1.165) is 25.0 Å². The van der Waals surface area contributed by atoms with Gasteiger partial charge in [0.25, 0.3) is 0 Å². The molecule has 1 N–H and O–H groups in total. The lowest BCUT2D eigenvalue weighted by molar-refractivity contribution is 0.0615. The fourth-order valence-electron chi connectivity index (χ4n) is 3.06. The average Bonchev–Trinajstić information content (AvgIpc) is 2.87. The van der Waals surface area contributed by atoms with Crippen LogP contribution in [0.15, 0.2) is 42.6 Å². The van der Waals surface area contributed by atoms with E-state index < -0.39 is 0 Å². The van der Waals surface area contributed by atoms with Gasteiger partial charge in [-0.1, -0.05) is 30.3 Å². The van der Waals surface area contributed by atoms with Gasteiger partial charge in [0.1, 0.15) is 0 Å². The number of hydrogen-bond acceptors (Lipinski definition) is 2. The Morgan fingerprint density at radius 2 is 1.95 bits per heavy atom. The summed E-state index contributed by atoms with van der Waals surface area (Å²) in [5, 5.41) is 14.7. The van der Waals surface area contributed by atoms with E-state index in [2.05, 4.69) is 35.4 Å². The molecule has 1 aliphatic carbocycles. The molecule has 100 valence electrons. The summed E-state index contributed by atoms with van der Waals surface area (Å²) in [5.41, 5.74) is 2.39. The Morgan fingerprint density at radius 1 is 1.16 bits per heavy atom. The van der Waals surface area contributed by atoms with E-state index >= 15 is 0 Å². The Morgan fingerprint density at radius 3 is 2.63 bits per heavy atom. The second kappa shape index (κ2) is 5.17. The molecule has 0 radical (unpaired) electrons. The molecular formula is C16H20N2O. The molecule has 1 fully saturated rings. The smallest absolute Gasteiger partial charge is 0.0784 e. The van der Waals surface area contributed by atoms with Gasteiger partial charge in [0, 0.05) is 6.20 Å². The molecule has 1 aliphatic rings. The maximum atomic E-state index is 10.2. The van der Waals surface area contributed by atoms with Crippen LogP contribution in [-0.4, -0.2) is 21.0 Å². The van der Waals surface area contributed by atoms with Crippen LogP contribution in [0.3, 0.4) is 0 Å². The minimum Gasteiger partial charge on any atom is -0.391 e. The van der Waals surface area contributed by atoms with Crippen molar-refractivity contribution in [3.63, 3.8) is 0 Å². The van der Waals surface area contributed by atoms with Crippen LogP contribution >= 0.6 is 0 Å². The summed E-state index contributed by atoms with van der Waals surface area (Å²) in [7, 11) is 0. The maximum Gasteiger partial charge on any atom is 0.0784 e. The largest absolute Gasteiger partial charge is 0.391 e. The van der Waals surface area contributed by atoms with Crippen molar-refractivity contribution < 1.29 is 5.11 Å². The predicted octanol–water partition coefficient (Wildman–Crippen LogP) is 3.06. The molecule has 1 aromatic heterocycles. The van der Waals surface area contributed by atoms with Crippen molar-refractivity contribution in [2.45, 2.75) is 44.2 Å². The number of rotatable bonds is 2. The first-order valence-electron chi connectivity index (χ1n) is 6.99. The lowest BCUT2D eigenvalue weighted by Crippen LogP contribution is -2.31. The van der Waals surface area contributed by atoms with Gasteiger partial charge < -0.3 is 5.11 Å². The highest BCUT2D eigenvalue weighted by Gasteiger charge is 2.31. The van der Waals surface area contributed by atoms with Gasteiger partial charge in [-0.05, 0) is 43.7 Å². The van der Waals surface area contributed by atoms with Crippen molar-refractivity contribution in [3.8, 4) is 0 Å². The molecule has 0 spiro atoms. The Hall–Kier alpha value is -1.61. The molecule has 0 bridgehead atoms. The van der Waals surface area contributed by atoms with Gasteiger partial charge in [0.15, 0.2) is 0 Å². The van der Waals surface area contributed by atoms with Crippen molar-refractivity contribution in [2.24, 2.45) is 0 Å². The van der Waals surface area contributed by atoms with Crippen molar-refractivity contribution in [1.82, 2.24) is 9.78 Å². The number of aryl methyl sites for hydroxylation is 1. The van der Waals surface area contributed by atoms with Gasteiger partial charge in [-0.25, -0.2) is 0 Å². The molecule has 2 aromatic rings. The molecule has 0 aliphatic heterocycles. The maximum absolute atomic E-state index is 10.2. The Kier molecular flexibility index (Phi) is 3.38. The summed E-state index contributed by atoms with van der Waals surface area (Å²) in [5.74, 6) is 0.527. The third kappa shape index (κ3) is 2.56. The molecule has 1 aromatic carbocycles. The third-order valence-corrected chi connectivity index (χ3v) is 4.13. The summed E-state index contributed by atoms with van der Waals surface area (Å²) in [6, 6.07) is 12.7. The molecule has 3 atom stereocenters. The zero-order valence-corrected chi connectivity index (χ0v) is 11.2. The number of aliphatic hydroxyl groups is 1. The molecule has 3 heteroatoms. The molecule has 1 saturated carbocycles. The van der Waals surface area contributed by atoms with Crippen LogP contribution in [-0.2, 0) is 0 Å². The first-order valence-corrected chi connectivity index (χ1v) is 6.99. The third-order valence-electron chi connectivity index (χ3n) is 4.13. The van der Waals surface area contributed by atoms with E-state index in [1.165, 1.54) is 5.56 Å². The van der Waals surface area contributed by atoms with Crippen LogP contribution in [0.25, 0.3) is 0 Å². The average molecular weight is 256 g/mol. The van der Waals surface area contributed by atoms with E-state index in [1.54, 1.807) is 0 Å². The first kappa shape index (κ1) is 12.4. The van der Waals surface area contributed by atoms with Crippen LogP contribution in [0.5, 0.6) is 0 Å². The lowest BCUT2D eigenvalue weighted by Gasteiger charge is -2.33. The summed E-state index contributed by atoms with van der Waals surface area (Å²) in [4.78, 5) is 0. The predicted molar refractivity (Wildman–Crippen MR) is 75.0 cm³/mol. The van der Waals surface area contributed by atoms with Gasteiger partial charge in [-0.3, -0.25) is 4.68 Å². The minimum atomic E-state index is -0.278. The van der Waals surface area contributed by atoms with Gasteiger partial charge in [-0.15, -0.1) is 0 Å².